The van der Waals surface area contributed by atoms with Crippen LogP contribution in [0.25, 0.3) is 6.08 Å². The molecule has 2 nitrogen and oxygen atoms in total. The summed E-state index contributed by atoms with van der Waals surface area (Å²) >= 11 is 0. The Kier molecular flexibility index (Phi) is 4.35. The fourth-order valence-electron chi connectivity index (χ4n) is 2.23. The lowest BCUT2D eigenvalue weighted by molar-refractivity contribution is 0.321. The van der Waals surface area contributed by atoms with E-state index in [1.807, 2.05) is 0 Å². The van der Waals surface area contributed by atoms with Crippen molar-refractivity contribution >= 4 is 12.3 Å². The van der Waals surface area contributed by atoms with Crippen molar-refractivity contribution < 1.29 is 5.21 Å². The molecule has 0 fully saturated rings. The molecule has 0 saturated carbocycles. The quantitative estimate of drug-likeness (QED) is 0.476. The highest BCUT2D eigenvalue weighted by molar-refractivity contribution is 5.80. The fraction of sp³-hybridized carbons (Fsp3) is 0.312. The summed E-state index contributed by atoms with van der Waals surface area (Å²) in [6, 6.07) is 8.47. The van der Waals surface area contributed by atoms with Gasteiger partial charge in [-0.05, 0) is 49.3 Å². The molecule has 0 radical (unpaired) electrons. The molecule has 1 aromatic carbocycles. The topological polar surface area (TPSA) is 32.6 Å². The second-order valence-electron chi connectivity index (χ2n) is 4.75. The number of rotatable bonds is 3. The summed E-state index contributed by atoms with van der Waals surface area (Å²) in [5.74, 6) is 0. The minimum absolute atomic E-state index is 1.01. The van der Waals surface area contributed by atoms with E-state index < -0.39 is 0 Å². The Balaban J connectivity index is 2.18. The van der Waals surface area contributed by atoms with Crippen LogP contribution in [0.15, 0.2) is 46.6 Å². The average Bonchev–Trinajstić information content (AvgIpc) is 2.40. The van der Waals surface area contributed by atoms with Gasteiger partial charge in [0.15, 0.2) is 0 Å². The molecule has 2 heteroatoms. The maximum Gasteiger partial charge on any atom is 0.0696 e. The summed E-state index contributed by atoms with van der Waals surface area (Å²) in [7, 11) is 0. The first-order chi connectivity index (χ1) is 8.79. The SMILES string of the molecule is Cc1ccc(C=CC2=C(C=NO)CCCC2)cc1. The zero-order valence-corrected chi connectivity index (χ0v) is 10.8. The van der Waals surface area contributed by atoms with Gasteiger partial charge in [0, 0.05) is 0 Å². The second-order valence-corrected chi connectivity index (χ2v) is 4.75. The first kappa shape index (κ1) is 12.6. The van der Waals surface area contributed by atoms with Crippen molar-refractivity contribution in [1.82, 2.24) is 0 Å². The Morgan fingerprint density at radius 3 is 2.33 bits per heavy atom. The van der Waals surface area contributed by atoms with Gasteiger partial charge in [0.25, 0.3) is 0 Å². The number of hydrogen-bond donors (Lipinski definition) is 1. The molecule has 0 heterocycles. The van der Waals surface area contributed by atoms with E-state index >= 15 is 0 Å². The lowest BCUT2D eigenvalue weighted by Crippen LogP contribution is -1.99. The van der Waals surface area contributed by atoms with Crippen LogP contribution in [0, 0.1) is 6.92 Å². The third-order valence-electron chi connectivity index (χ3n) is 3.32. The largest absolute Gasteiger partial charge is 0.411 e. The van der Waals surface area contributed by atoms with Crippen LogP contribution in [0.2, 0.25) is 0 Å². The summed E-state index contributed by atoms with van der Waals surface area (Å²) < 4.78 is 0. The minimum Gasteiger partial charge on any atom is -0.411 e. The van der Waals surface area contributed by atoms with Gasteiger partial charge in [-0.15, -0.1) is 0 Å². The van der Waals surface area contributed by atoms with Gasteiger partial charge < -0.3 is 5.21 Å². The van der Waals surface area contributed by atoms with E-state index in [0.29, 0.717) is 0 Å². The standard InChI is InChI=1S/C16H19NO/c1-13-6-8-14(9-7-13)10-11-15-4-2-3-5-16(15)12-17-18/h6-12,18H,2-5H2,1H3. The Morgan fingerprint density at radius 2 is 1.67 bits per heavy atom. The molecule has 1 aromatic rings. The van der Waals surface area contributed by atoms with Crippen molar-refractivity contribution in [3.05, 3.63) is 52.6 Å². The van der Waals surface area contributed by atoms with Crippen molar-refractivity contribution in [3.63, 3.8) is 0 Å². The number of aryl methyl sites for hydroxylation is 1. The second kappa shape index (κ2) is 6.20. The van der Waals surface area contributed by atoms with E-state index in [9.17, 15) is 0 Å². The molecule has 0 amide bonds. The lowest BCUT2D eigenvalue weighted by atomic mass is 9.92. The third kappa shape index (κ3) is 3.33. The van der Waals surface area contributed by atoms with E-state index in [1.54, 1.807) is 6.21 Å². The molecule has 18 heavy (non-hydrogen) atoms. The third-order valence-corrected chi connectivity index (χ3v) is 3.32. The molecule has 94 valence electrons. The number of nitrogens with zero attached hydrogens (tertiary/aromatic N) is 1. The predicted molar refractivity (Wildman–Crippen MR) is 76.0 cm³/mol. The average molecular weight is 241 g/mol. The van der Waals surface area contributed by atoms with Crippen LogP contribution < -0.4 is 0 Å². The van der Waals surface area contributed by atoms with Gasteiger partial charge in [-0.25, -0.2) is 0 Å². The maximum absolute atomic E-state index is 8.66. The number of benzene rings is 1. The summed E-state index contributed by atoms with van der Waals surface area (Å²) in [6.07, 6.45) is 10.3. The Morgan fingerprint density at radius 1 is 1.00 bits per heavy atom. The van der Waals surface area contributed by atoms with Crippen molar-refractivity contribution in [2.24, 2.45) is 5.16 Å². The van der Waals surface area contributed by atoms with Crippen molar-refractivity contribution in [1.29, 1.82) is 0 Å². The Hall–Kier alpha value is -1.83. The smallest absolute Gasteiger partial charge is 0.0696 e. The highest BCUT2D eigenvalue weighted by atomic mass is 16.4. The van der Waals surface area contributed by atoms with Gasteiger partial charge in [0.1, 0.15) is 0 Å². The van der Waals surface area contributed by atoms with Gasteiger partial charge in [-0.3, -0.25) is 0 Å². The summed E-state index contributed by atoms with van der Waals surface area (Å²) in [5, 5.41) is 11.8. The molecule has 0 saturated heterocycles. The molecule has 0 aliphatic heterocycles. The van der Waals surface area contributed by atoms with Crippen molar-refractivity contribution in [3.8, 4) is 0 Å². The molecule has 1 N–H and O–H groups in total. The fourth-order valence-corrected chi connectivity index (χ4v) is 2.23. The first-order valence-electron chi connectivity index (χ1n) is 6.44. The number of oxime groups is 1. The molecule has 0 atom stereocenters. The van der Waals surface area contributed by atoms with Crippen LogP contribution in [0.5, 0.6) is 0 Å². The monoisotopic (exact) mass is 241 g/mol. The normalized spacial score (nSPS) is 16.9. The van der Waals surface area contributed by atoms with Crippen molar-refractivity contribution in [2.75, 3.05) is 0 Å². The van der Waals surface area contributed by atoms with Gasteiger partial charge in [0.2, 0.25) is 0 Å². The van der Waals surface area contributed by atoms with Gasteiger partial charge in [-0.2, -0.15) is 0 Å². The van der Waals surface area contributed by atoms with Crippen molar-refractivity contribution in [2.45, 2.75) is 32.6 Å². The maximum atomic E-state index is 8.66. The molecule has 0 bridgehead atoms. The molecule has 0 spiro atoms. The molecule has 1 aliphatic rings. The zero-order chi connectivity index (χ0) is 12.8. The van der Waals surface area contributed by atoms with Crippen LogP contribution in [0.1, 0.15) is 36.8 Å². The van der Waals surface area contributed by atoms with Gasteiger partial charge in [0.05, 0.1) is 6.21 Å². The van der Waals surface area contributed by atoms with E-state index in [1.165, 1.54) is 29.5 Å². The van der Waals surface area contributed by atoms with Crippen LogP contribution in [-0.4, -0.2) is 11.4 Å². The first-order valence-corrected chi connectivity index (χ1v) is 6.44. The van der Waals surface area contributed by atoms with Crippen LogP contribution in [0.3, 0.4) is 0 Å². The highest BCUT2D eigenvalue weighted by Crippen LogP contribution is 2.25. The minimum atomic E-state index is 1.01. The summed E-state index contributed by atoms with van der Waals surface area (Å²) in [5.41, 5.74) is 4.93. The van der Waals surface area contributed by atoms with E-state index in [2.05, 4.69) is 48.5 Å². The lowest BCUT2D eigenvalue weighted by Gasteiger charge is -2.14. The number of hydrogen-bond acceptors (Lipinski definition) is 2. The molecule has 2 rings (SSSR count). The predicted octanol–water partition coefficient (Wildman–Crippen LogP) is 4.34. The van der Waals surface area contributed by atoms with Crippen LogP contribution in [0.4, 0.5) is 0 Å². The van der Waals surface area contributed by atoms with Crippen LogP contribution in [-0.2, 0) is 0 Å². The molecular weight excluding hydrogens is 222 g/mol. The molecular formula is C16H19NO. The molecule has 0 aromatic heterocycles. The van der Waals surface area contributed by atoms with Crippen LogP contribution >= 0.6 is 0 Å². The summed E-state index contributed by atoms with van der Waals surface area (Å²) in [4.78, 5) is 0. The van der Waals surface area contributed by atoms with E-state index in [-0.39, 0.29) is 0 Å². The number of allylic oxidation sites excluding steroid dienone is 3. The van der Waals surface area contributed by atoms with Gasteiger partial charge in [-0.1, -0.05) is 47.1 Å². The van der Waals surface area contributed by atoms with E-state index in [4.69, 9.17) is 5.21 Å². The van der Waals surface area contributed by atoms with Gasteiger partial charge >= 0.3 is 0 Å². The molecule has 1 aliphatic carbocycles. The molecule has 0 unspecified atom stereocenters. The Bertz CT molecular complexity index is 480. The zero-order valence-electron chi connectivity index (χ0n) is 10.8. The van der Waals surface area contributed by atoms with E-state index in [0.717, 1.165) is 18.4 Å². The summed E-state index contributed by atoms with van der Waals surface area (Å²) in [6.45, 7) is 2.09. The Labute approximate surface area is 108 Å². The highest BCUT2D eigenvalue weighted by Gasteiger charge is 2.08.